The number of nitrogens with zero attached hydrogens (tertiary/aromatic N) is 2. The molecule has 0 atom stereocenters. The van der Waals surface area contributed by atoms with Gasteiger partial charge in [0.15, 0.2) is 5.13 Å². The van der Waals surface area contributed by atoms with Crippen LogP contribution in [0, 0.1) is 0 Å². The Hall–Kier alpha value is -1.53. The Bertz CT molecular complexity index is 574. The molecule has 4 nitrogen and oxygen atoms in total. The third-order valence-corrected chi connectivity index (χ3v) is 4.84. The van der Waals surface area contributed by atoms with Gasteiger partial charge in [-0.2, -0.15) is 0 Å². The first-order chi connectivity index (χ1) is 9.22. The van der Waals surface area contributed by atoms with Gasteiger partial charge in [0.25, 0.3) is 0 Å². The number of amides is 1. The highest BCUT2D eigenvalue weighted by Gasteiger charge is 2.26. The maximum absolute atomic E-state index is 12.1. The molecule has 0 unspecified atom stereocenters. The monoisotopic (exact) mass is 291 g/mol. The Kier molecular flexibility index (Phi) is 3.44. The number of nitrogen functional groups attached to an aromatic ring is 1. The van der Waals surface area contributed by atoms with Crippen LogP contribution >= 0.6 is 23.1 Å². The number of thiazole rings is 1. The summed E-state index contributed by atoms with van der Waals surface area (Å²) in [6.07, 6.45) is 0. The SMILES string of the molecule is Nc1nc2c(s1)CN(C(=O)CSc1ccccc1)C2. The molecule has 0 saturated carbocycles. The van der Waals surface area contributed by atoms with Crippen molar-refractivity contribution >= 4 is 34.1 Å². The molecule has 3 rings (SSSR count). The van der Waals surface area contributed by atoms with Crippen LogP contribution in [-0.2, 0) is 17.9 Å². The third kappa shape index (κ3) is 2.74. The van der Waals surface area contributed by atoms with Gasteiger partial charge in [-0.25, -0.2) is 4.98 Å². The summed E-state index contributed by atoms with van der Waals surface area (Å²) in [4.78, 5) is 20.4. The molecule has 0 radical (unpaired) electrons. The summed E-state index contributed by atoms with van der Waals surface area (Å²) >= 11 is 3.05. The minimum Gasteiger partial charge on any atom is -0.375 e. The lowest BCUT2D eigenvalue weighted by Gasteiger charge is -2.14. The number of thioether (sulfide) groups is 1. The molecule has 6 heteroatoms. The number of benzene rings is 1. The van der Waals surface area contributed by atoms with Crippen LogP contribution in [0.2, 0.25) is 0 Å². The van der Waals surface area contributed by atoms with Crippen LogP contribution in [0.25, 0.3) is 0 Å². The lowest BCUT2D eigenvalue weighted by Crippen LogP contribution is -2.27. The maximum atomic E-state index is 12.1. The molecule has 2 aromatic rings. The first-order valence-corrected chi connectivity index (χ1v) is 7.72. The Morgan fingerprint density at radius 3 is 2.89 bits per heavy atom. The van der Waals surface area contributed by atoms with Crippen molar-refractivity contribution in [1.29, 1.82) is 0 Å². The van der Waals surface area contributed by atoms with Gasteiger partial charge >= 0.3 is 0 Å². The van der Waals surface area contributed by atoms with Crippen molar-refractivity contribution in [2.24, 2.45) is 0 Å². The fourth-order valence-electron chi connectivity index (χ4n) is 1.99. The third-order valence-electron chi connectivity index (χ3n) is 2.93. The fraction of sp³-hybridized carbons (Fsp3) is 0.231. The molecule has 19 heavy (non-hydrogen) atoms. The summed E-state index contributed by atoms with van der Waals surface area (Å²) < 4.78 is 0. The molecule has 0 spiro atoms. The molecule has 0 bridgehead atoms. The summed E-state index contributed by atoms with van der Waals surface area (Å²) in [5.74, 6) is 0.617. The molecule has 1 amide bonds. The number of hydrogen-bond acceptors (Lipinski definition) is 5. The molecule has 1 aliphatic rings. The normalized spacial score (nSPS) is 13.6. The van der Waals surface area contributed by atoms with E-state index in [0.29, 0.717) is 24.0 Å². The molecular formula is C13H13N3OS2. The zero-order chi connectivity index (χ0) is 13.2. The highest BCUT2D eigenvalue weighted by atomic mass is 32.2. The van der Waals surface area contributed by atoms with Gasteiger partial charge < -0.3 is 10.6 Å². The number of rotatable bonds is 3. The summed E-state index contributed by atoms with van der Waals surface area (Å²) in [7, 11) is 0. The van der Waals surface area contributed by atoms with Gasteiger partial charge in [0, 0.05) is 4.90 Å². The van der Waals surface area contributed by atoms with Crippen molar-refractivity contribution in [3.63, 3.8) is 0 Å². The van der Waals surface area contributed by atoms with Gasteiger partial charge in [-0.1, -0.05) is 18.2 Å². The number of aromatic nitrogens is 1. The van der Waals surface area contributed by atoms with Crippen molar-refractivity contribution in [3.8, 4) is 0 Å². The average Bonchev–Trinajstić information content (AvgIpc) is 2.94. The van der Waals surface area contributed by atoms with Gasteiger partial charge in [0.05, 0.1) is 29.4 Å². The van der Waals surface area contributed by atoms with Crippen molar-refractivity contribution in [3.05, 3.63) is 40.9 Å². The lowest BCUT2D eigenvalue weighted by atomic mass is 10.4. The summed E-state index contributed by atoms with van der Waals surface area (Å²) in [6, 6.07) is 9.96. The van der Waals surface area contributed by atoms with Crippen LogP contribution in [0.15, 0.2) is 35.2 Å². The van der Waals surface area contributed by atoms with E-state index in [9.17, 15) is 4.79 Å². The van der Waals surface area contributed by atoms with Crippen molar-refractivity contribution in [1.82, 2.24) is 9.88 Å². The van der Waals surface area contributed by atoms with Crippen LogP contribution in [0.4, 0.5) is 5.13 Å². The zero-order valence-electron chi connectivity index (χ0n) is 10.2. The van der Waals surface area contributed by atoms with Crippen LogP contribution in [0.5, 0.6) is 0 Å². The fourth-order valence-corrected chi connectivity index (χ4v) is 3.67. The largest absolute Gasteiger partial charge is 0.375 e. The first kappa shape index (κ1) is 12.5. The smallest absolute Gasteiger partial charge is 0.233 e. The van der Waals surface area contributed by atoms with Crippen molar-refractivity contribution in [2.45, 2.75) is 18.0 Å². The molecule has 0 aliphatic carbocycles. The van der Waals surface area contributed by atoms with Crippen LogP contribution < -0.4 is 5.73 Å². The zero-order valence-corrected chi connectivity index (χ0v) is 11.8. The van der Waals surface area contributed by atoms with E-state index in [1.165, 1.54) is 11.3 Å². The summed E-state index contributed by atoms with van der Waals surface area (Å²) in [6.45, 7) is 1.25. The Morgan fingerprint density at radius 1 is 1.37 bits per heavy atom. The Labute approximate surface area is 119 Å². The van der Waals surface area contributed by atoms with Gasteiger partial charge in [-0.3, -0.25) is 4.79 Å². The van der Waals surface area contributed by atoms with E-state index in [-0.39, 0.29) is 5.91 Å². The predicted molar refractivity (Wildman–Crippen MR) is 77.9 cm³/mol. The van der Waals surface area contributed by atoms with E-state index in [2.05, 4.69) is 4.98 Å². The number of carbonyl (C=O) groups is 1. The summed E-state index contributed by atoms with van der Waals surface area (Å²) in [5, 5.41) is 0.593. The number of fused-ring (bicyclic) bond motifs is 1. The molecular weight excluding hydrogens is 278 g/mol. The van der Waals surface area contributed by atoms with Gasteiger partial charge in [-0.05, 0) is 12.1 Å². The van der Waals surface area contributed by atoms with E-state index in [1.54, 1.807) is 11.8 Å². The van der Waals surface area contributed by atoms with Crippen LogP contribution in [0.1, 0.15) is 10.6 Å². The number of anilines is 1. The standard InChI is InChI=1S/C13H13N3OS2/c14-13-15-10-6-16(7-11(10)19-13)12(17)8-18-9-4-2-1-3-5-9/h1-5H,6-8H2,(H2,14,15). The number of hydrogen-bond donors (Lipinski definition) is 1. The summed E-state index contributed by atoms with van der Waals surface area (Å²) in [5.41, 5.74) is 6.60. The molecule has 1 aromatic heterocycles. The highest BCUT2D eigenvalue weighted by molar-refractivity contribution is 8.00. The molecule has 1 aromatic carbocycles. The van der Waals surface area contributed by atoms with Crippen LogP contribution in [-0.4, -0.2) is 21.5 Å². The molecule has 0 fully saturated rings. The molecule has 1 aliphatic heterocycles. The van der Waals surface area contributed by atoms with Crippen LogP contribution in [0.3, 0.4) is 0 Å². The molecule has 98 valence electrons. The minimum atomic E-state index is 0.151. The minimum absolute atomic E-state index is 0.151. The first-order valence-electron chi connectivity index (χ1n) is 5.92. The highest BCUT2D eigenvalue weighted by Crippen LogP contribution is 2.30. The maximum Gasteiger partial charge on any atom is 0.233 e. The quantitative estimate of drug-likeness (QED) is 0.882. The number of nitrogens with two attached hydrogens (primary N) is 1. The second-order valence-corrected chi connectivity index (χ2v) is 6.44. The van der Waals surface area contributed by atoms with Gasteiger partial charge in [0.1, 0.15) is 0 Å². The second-order valence-electron chi connectivity index (χ2n) is 4.27. The molecule has 2 heterocycles. The van der Waals surface area contributed by atoms with Gasteiger partial charge in [0.2, 0.25) is 5.91 Å². The Morgan fingerprint density at radius 2 is 2.16 bits per heavy atom. The van der Waals surface area contributed by atoms with E-state index in [0.717, 1.165) is 15.5 Å². The Balaban J connectivity index is 1.57. The van der Waals surface area contributed by atoms with E-state index >= 15 is 0 Å². The average molecular weight is 291 g/mol. The lowest BCUT2D eigenvalue weighted by molar-refractivity contribution is -0.128. The molecule has 0 saturated heterocycles. The predicted octanol–water partition coefficient (Wildman–Crippen LogP) is 2.36. The van der Waals surface area contributed by atoms with E-state index < -0.39 is 0 Å². The van der Waals surface area contributed by atoms with Crippen molar-refractivity contribution < 1.29 is 4.79 Å². The number of carbonyl (C=O) groups excluding carboxylic acids is 1. The topological polar surface area (TPSA) is 59.2 Å². The van der Waals surface area contributed by atoms with E-state index in [1.807, 2.05) is 35.2 Å². The van der Waals surface area contributed by atoms with Gasteiger partial charge in [-0.15, -0.1) is 23.1 Å². The second kappa shape index (κ2) is 5.22. The molecule has 2 N–H and O–H groups in total. The van der Waals surface area contributed by atoms with E-state index in [4.69, 9.17) is 5.73 Å². The van der Waals surface area contributed by atoms with Crippen molar-refractivity contribution in [2.75, 3.05) is 11.5 Å².